The van der Waals surface area contributed by atoms with E-state index in [1.54, 1.807) is 15.7 Å². The van der Waals surface area contributed by atoms with Crippen LogP contribution < -0.4 is 5.32 Å². The first-order valence-corrected chi connectivity index (χ1v) is 9.36. The van der Waals surface area contributed by atoms with E-state index in [2.05, 4.69) is 12.2 Å². The zero-order valence-corrected chi connectivity index (χ0v) is 13.7. The Balaban J connectivity index is 1.89. The molecule has 1 aliphatic heterocycles. The van der Waals surface area contributed by atoms with Gasteiger partial charge < -0.3 is 5.32 Å². The van der Waals surface area contributed by atoms with Crippen LogP contribution in [-0.4, -0.2) is 56.8 Å². The number of piperidine rings is 1. The predicted octanol–water partition coefficient (Wildman–Crippen LogP) is 1.28. The van der Waals surface area contributed by atoms with Crippen LogP contribution in [0.25, 0.3) is 0 Å². The van der Waals surface area contributed by atoms with Gasteiger partial charge in [-0.25, -0.2) is 0 Å². The maximum Gasteiger partial charge on any atom is 0.281 e. The van der Waals surface area contributed by atoms with Crippen molar-refractivity contribution in [3.8, 4) is 0 Å². The van der Waals surface area contributed by atoms with Crippen LogP contribution in [0.5, 0.6) is 0 Å². The Hall–Kier alpha value is -0.170. The molecule has 1 saturated carbocycles. The summed E-state index contributed by atoms with van der Waals surface area (Å²) in [4.78, 5) is 0. The second-order valence-electron chi connectivity index (χ2n) is 6.26. The molecule has 2 fully saturated rings. The largest absolute Gasteiger partial charge is 0.317 e. The average Bonchev–Trinajstić information content (AvgIpc) is 2.40. The van der Waals surface area contributed by atoms with Crippen molar-refractivity contribution in [1.82, 2.24) is 13.9 Å². The van der Waals surface area contributed by atoms with Crippen molar-refractivity contribution in [1.29, 1.82) is 0 Å². The van der Waals surface area contributed by atoms with Crippen molar-refractivity contribution in [2.75, 3.05) is 39.8 Å². The molecule has 2 aliphatic rings. The lowest BCUT2D eigenvalue weighted by Crippen LogP contribution is -2.49. The molecule has 1 saturated heterocycles. The molecule has 0 amide bonds. The maximum absolute atomic E-state index is 12.6. The summed E-state index contributed by atoms with van der Waals surface area (Å²) >= 11 is 0. The minimum Gasteiger partial charge on any atom is -0.317 e. The lowest BCUT2D eigenvalue weighted by molar-refractivity contribution is 0.225. The van der Waals surface area contributed by atoms with E-state index in [0.717, 1.165) is 25.9 Å². The molecular formula is C14H29N3O2S. The van der Waals surface area contributed by atoms with Crippen molar-refractivity contribution < 1.29 is 8.42 Å². The third kappa shape index (κ3) is 3.93. The maximum atomic E-state index is 12.6. The zero-order chi connectivity index (χ0) is 14.6. The topological polar surface area (TPSA) is 52.7 Å². The van der Waals surface area contributed by atoms with Crippen molar-refractivity contribution in [3.63, 3.8) is 0 Å². The van der Waals surface area contributed by atoms with E-state index in [4.69, 9.17) is 0 Å². The van der Waals surface area contributed by atoms with Crippen LogP contribution in [-0.2, 0) is 10.2 Å². The molecular weight excluding hydrogens is 274 g/mol. The van der Waals surface area contributed by atoms with Gasteiger partial charge in [-0.05, 0) is 50.6 Å². The van der Waals surface area contributed by atoms with Crippen LogP contribution in [0, 0.1) is 11.8 Å². The minimum absolute atomic E-state index is 0.454. The summed E-state index contributed by atoms with van der Waals surface area (Å²) in [7, 11) is -1.51. The van der Waals surface area contributed by atoms with E-state index >= 15 is 0 Å². The van der Waals surface area contributed by atoms with Gasteiger partial charge >= 0.3 is 0 Å². The van der Waals surface area contributed by atoms with Gasteiger partial charge in [0.05, 0.1) is 0 Å². The SMILES string of the molecule is CCNCC1CCCN(S(=O)(=O)N(C)CC2CCC2)C1. The van der Waals surface area contributed by atoms with Gasteiger partial charge in [-0.1, -0.05) is 13.3 Å². The second kappa shape index (κ2) is 7.20. The fourth-order valence-corrected chi connectivity index (χ4v) is 4.63. The van der Waals surface area contributed by atoms with Gasteiger partial charge in [0.25, 0.3) is 10.2 Å². The molecule has 5 nitrogen and oxygen atoms in total. The molecule has 1 N–H and O–H groups in total. The fourth-order valence-electron chi connectivity index (χ4n) is 3.08. The molecule has 6 heteroatoms. The Bertz CT molecular complexity index is 395. The zero-order valence-electron chi connectivity index (χ0n) is 12.8. The number of nitrogens with one attached hydrogen (secondary N) is 1. The van der Waals surface area contributed by atoms with Gasteiger partial charge in [0.15, 0.2) is 0 Å². The first-order valence-electron chi connectivity index (χ1n) is 7.96. The third-order valence-electron chi connectivity index (χ3n) is 4.62. The molecule has 1 heterocycles. The minimum atomic E-state index is -3.25. The Morgan fingerprint density at radius 2 is 1.90 bits per heavy atom. The van der Waals surface area contributed by atoms with E-state index < -0.39 is 10.2 Å². The molecule has 0 aromatic carbocycles. The Kier molecular flexibility index (Phi) is 5.84. The smallest absolute Gasteiger partial charge is 0.281 e. The first kappa shape index (κ1) is 16.2. The Morgan fingerprint density at radius 3 is 2.50 bits per heavy atom. The van der Waals surface area contributed by atoms with Gasteiger partial charge in [-0.3, -0.25) is 0 Å². The molecule has 0 aromatic rings. The molecule has 1 aliphatic carbocycles. The summed E-state index contributed by atoms with van der Waals surface area (Å²) in [6.07, 6.45) is 5.73. The molecule has 0 bridgehead atoms. The van der Waals surface area contributed by atoms with Crippen LogP contribution in [0.2, 0.25) is 0 Å². The van der Waals surface area contributed by atoms with E-state index in [-0.39, 0.29) is 0 Å². The van der Waals surface area contributed by atoms with Crippen LogP contribution in [0.3, 0.4) is 0 Å². The van der Waals surface area contributed by atoms with Gasteiger partial charge in [0.1, 0.15) is 0 Å². The highest BCUT2D eigenvalue weighted by Crippen LogP contribution is 2.28. The summed E-state index contributed by atoms with van der Waals surface area (Å²) in [5.41, 5.74) is 0. The molecule has 118 valence electrons. The summed E-state index contributed by atoms with van der Waals surface area (Å²) in [6.45, 7) is 6.00. The second-order valence-corrected chi connectivity index (χ2v) is 8.29. The van der Waals surface area contributed by atoms with E-state index in [0.29, 0.717) is 31.5 Å². The van der Waals surface area contributed by atoms with Crippen molar-refractivity contribution in [2.45, 2.75) is 39.0 Å². The molecule has 20 heavy (non-hydrogen) atoms. The number of hydrogen-bond acceptors (Lipinski definition) is 3. The number of hydrogen-bond donors (Lipinski definition) is 1. The summed E-state index contributed by atoms with van der Waals surface area (Å²) < 4.78 is 28.5. The van der Waals surface area contributed by atoms with Crippen molar-refractivity contribution in [3.05, 3.63) is 0 Å². The standard InChI is InChI=1S/C14H29N3O2S/c1-3-15-10-14-8-5-9-17(12-14)20(18,19)16(2)11-13-6-4-7-13/h13-15H,3-12H2,1-2H3. The van der Waals surface area contributed by atoms with Crippen LogP contribution in [0.15, 0.2) is 0 Å². The van der Waals surface area contributed by atoms with E-state index in [9.17, 15) is 8.42 Å². The van der Waals surface area contributed by atoms with Crippen LogP contribution >= 0.6 is 0 Å². The Morgan fingerprint density at radius 1 is 1.20 bits per heavy atom. The lowest BCUT2D eigenvalue weighted by atomic mass is 9.86. The molecule has 1 unspecified atom stereocenters. The van der Waals surface area contributed by atoms with Crippen molar-refractivity contribution in [2.24, 2.45) is 11.8 Å². The highest BCUT2D eigenvalue weighted by Gasteiger charge is 2.33. The van der Waals surface area contributed by atoms with Crippen LogP contribution in [0.1, 0.15) is 39.0 Å². The number of nitrogens with zero attached hydrogens (tertiary/aromatic N) is 2. The van der Waals surface area contributed by atoms with Gasteiger partial charge in [0, 0.05) is 26.7 Å². The predicted molar refractivity (Wildman–Crippen MR) is 81.7 cm³/mol. The van der Waals surface area contributed by atoms with Gasteiger partial charge in [-0.2, -0.15) is 17.0 Å². The molecule has 1 atom stereocenters. The highest BCUT2D eigenvalue weighted by atomic mass is 32.2. The summed E-state index contributed by atoms with van der Waals surface area (Å²) in [6, 6.07) is 0. The first-order chi connectivity index (χ1) is 9.54. The fraction of sp³-hybridized carbons (Fsp3) is 1.00. The molecule has 0 aromatic heterocycles. The lowest BCUT2D eigenvalue weighted by Gasteiger charge is -2.36. The van der Waals surface area contributed by atoms with Crippen molar-refractivity contribution >= 4 is 10.2 Å². The molecule has 0 spiro atoms. The number of rotatable bonds is 7. The normalized spacial score (nSPS) is 25.9. The Labute approximate surface area is 123 Å². The molecule has 0 radical (unpaired) electrons. The van der Waals surface area contributed by atoms with Crippen LogP contribution in [0.4, 0.5) is 0 Å². The van der Waals surface area contributed by atoms with E-state index in [1.165, 1.54) is 19.3 Å². The molecule has 2 rings (SSSR count). The third-order valence-corrected chi connectivity index (χ3v) is 6.55. The monoisotopic (exact) mass is 303 g/mol. The highest BCUT2D eigenvalue weighted by molar-refractivity contribution is 7.86. The van der Waals surface area contributed by atoms with Gasteiger partial charge in [-0.15, -0.1) is 0 Å². The van der Waals surface area contributed by atoms with Gasteiger partial charge in [0.2, 0.25) is 0 Å². The quantitative estimate of drug-likeness (QED) is 0.771. The summed E-state index contributed by atoms with van der Waals surface area (Å²) in [5.74, 6) is 1.03. The average molecular weight is 303 g/mol. The summed E-state index contributed by atoms with van der Waals surface area (Å²) in [5, 5.41) is 3.33. The van der Waals surface area contributed by atoms with E-state index in [1.807, 2.05) is 0 Å².